The van der Waals surface area contributed by atoms with Crippen LogP contribution in [-0.2, 0) is 6.54 Å². The van der Waals surface area contributed by atoms with E-state index in [1.807, 2.05) is 0 Å². The first-order valence-corrected chi connectivity index (χ1v) is 9.95. The summed E-state index contributed by atoms with van der Waals surface area (Å²) in [5.74, 6) is 0. The minimum absolute atomic E-state index is 0. The van der Waals surface area contributed by atoms with Crippen LogP contribution in [-0.4, -0.2) is 19.1 Å². The standard InChI is InChI=1S/C24H29N3.3ClH/c25-13-7-12-24(26)18-27-17-19-14-22(20-8-3-1-4-9-20)16-23(15-19)21-10-5-2-6-11-21;;;/h1-6,8-11,14-16,24,27H,7,12-13,17-18,25-26H2;3*1H. The van der Waals surface area contributed by atoms with Gasteiger partial charge in [0, 0.05) is 18.4 Å². The molecule has 0 heterocycles. The van der Waals surface area contributed by atoms with Crippen LogP contribution in [0.4, 0.5) is 0 Å². The molecule has 0 radical (unpaired) electrons. The zero-order valence-corrected chi connectivity index (χ0v) is 19.5. The lowest BCUT2D eigenvalue weighted by Crippen LogP contribution is -3.00. The Morgan fingerprint density at radius 1 is 0.700 bits per heavy atom. The second-order valence-corrected chi connectivity index (χ2v) is 7.24. The summed E-state index contributed by atoms with van der Waals surface area (Å²) in [5.41, 5.74) is 14.7. The van der Waals surface area contributed by atoms with E-state index in [1.165, 1.54) is 40.7 Å². The molecule has 0 saturated heterocycles. The van der Waals surface area contributed by atoms with Crippen molar-refractivity contribution in [1.29, 1.82) is 0 Å². The van der Waals surface area contributed by atoms with E-state index in [-0.39, 0.29) is 37.2 Å². The summed E-state index contributed by atoms with van der Waals surface area (Å²) >= 11 is 0. The Hall–Kier alpha value is -1.59. The Kier molecular flexibility index (Phi) is 14.4. The van der Waals surface area contributed by atoms with Crippen molar-refractivity contribution in [2.45, 2.75) is 25.4 Å². The topological polar surface area (TPSA) is 71.9 Å². The summed E-state index contributed by atoms with van der Waals surface area (Å²) in [7, 11) is 0. The molecule has 30 heavy (non-hydrogen) atoms. The molecule has 3 aromatic carbocycles. The maximum absolute atomic E-state index is 4.28. The van der Waals surface area contributed by atoms with Crippen molar-refractivity contribution in [1.82, 2.24) is 0 Å². The van der Waals surface area contributed by atoms with Gasteiger partial charge in [-0.1, -0.05) is 60.7 Å². The van der Waals surface area contributed by atoms with Crippen LogP contribution in [0, 0.1) is 0 Å². The van der Waals surface area contributed by atoms with Crippen LogP contribution >= 0.6 is 0 Å². The highest BCUT2D eigenvalue weighted by molar-refractivity contribution is 5.74. The number of hydrogen-bond acceptors (Lipinski definition) is 0. The third kappa shape index (κ3) is 8.65. The van der Waals surface area contributed by atoms with E-state index in [0.29, 0.717) is 6.04 Å². The average Bonchev–Trinajstić information content (AvgIpc) is 2.73. The maximum Gasteiger partial charge on any atom is 0.134 e. The Balaban J connectivity index is 0.00000280. The summed E-state index contributed by atoms with van der Waals surface area (Å²) in [6.45, 7) is 3.05. The van der Waals surface area contributed by atoms with Gasteiger partial charge in [-0.3, -0.25) is 0 Å². The fourth-order valence-electron chi connectivity index (χ4n) is 3.44. The predicted octanol–water partition coefficient (Wildman–Crippen LogP) is -7.27. The van der Waals surface area contributed by atoms with E-state index in [1.54, 1.807) is 0 Å². The van der Waals surface area contributed by atoms with Gasteiger partial charge in [0.25, 0.3) is 0 Å². The number of rotatable bonds is 9. The molecule has 0 aliphatic heterocycles. The van der Waals surface area contributed by atoms with Crippen LogP contribution < -0.4 is 54.0 Å². The Morgan fingerprint density at radius 2 is 1.20 bits per heavy atom. The largest absolute Gasteiger partial charge is 1.00 e. The van der Waals surface area contributed by atoms with Crippen LogP contribution in [0.2, 0.25) is 0 Å². The quantitative estimate of drug-likeness (QED) is 0.279. The van der Waals surface area contributed by atoms with Gasteiger partial charge in [-0.2, -0.15) is 0 Å². The van der Waals surface area contributed by atoms with E-state index in [4.69, 9.17) is 0 Å². The summed E-state index contributed by atoms with van der Waals surface area (Å²) in [6, 6.07) is 28.7. The number of nitrogens with two attached hydrogens (primary N) is 1. The SMILES string of the molecule is [Cl-].[Cl-].[Cl-].[NH3+]CCCC([NH3+])C[NH2+]Cc1cc(-c2ccccc2)cc(-c2ccccc2)c1. The molecule has 0 aliphatic rings. The summed E-state index contributed by atoms with van der Waals surface area (Å²) in [5, 5.41) is 2.39. The van der Waals surface area contributed by atoms with Gasteiger partial charge in [0.1, 0.15) is 19.1 Å². The van der Waals surface area contributed by atoms with Crippen LogP contribution in [0.3, 0.4) is 0 Å². The zero-order chi connectivity index (χ0) is 18.9. The zero-order valence-electron chi connectivity index (χ0n) is 17.2. The first kappa shape index (κ1) is 28.4. The lowest BCUT2D eigenvalue weighted by molar-refractivity contribution is -0.694. The lowest BCUT2D eigenvalue weighted by Gasteiger charge is -2.11. The molecule has 3 nitrogen and oxygen atoms in total. The van der Waals surface area contributed by atoms with Gasteiger partial charge < -0.3 is 54.0 Å². The van der Waals surface area contributed by atoms with Gasteiger partial charge in [0.05, 0.1) is 6.54 Å². The van der Waals surface area contributed by atoms with E-state index in [2.05, 4.69) is 95.6 Å². The van der Waals surface area contributed by atoms with Crippen molar-refractivity contribution >= 4 is 0 Å². The second-order valence-electron chi connectivity index (χ2n) is 7.24. The average molecular weight is 469 g/mol. The molecule has 0 bridgehead atoms. The summed E-state index contributed by atoms with van der Waals surface area (Å²) in [6.07, 6.45) is 2.34. The van der Waals surface area contributed by atoms with Crippen LogP contribution in [0.25, 0.3) is 22.3 Å². The van der Waals surface area contributed by atoms with Gasteiger partial charge >= 0.3 is 0 Å². The molecule has 0 fully saturated rings. The first-order chi connectivity index (χ1) is 13.3. The number of benzene rings is 3. The molecule has 0 amide bonds. The molecule has 1 atom stereocenters. The van der Waals surface area contributed by atoms with E-state index in [0.717, 1.165) is 19.6 Å². The minimum Gasteiger partial charge on any atom is -1.00 e. The Morgan fingerprint density at radius 3 is 1.67 bits per heavy atom. The Labute approximate surface area is 198 Å². The number of quaternary nitrogens is 3. The maximum atomic E-state index is 4.28. The van der Waals surface area contributed by atoms with Gasteiger partial charge in [-0.05, 0) is 40.5 Å². The van der Waals surface area contributed by atoms with Crippen molar-refractivity contribution in [3.8, 4) is 22.3 Å². The second kappa shape index (κ2) is 15.2. The molecule has 1 unspecified atom stereocenters. The van der Waals surface area contributed by atoms with E-state index >= 15 is 0 Å². The highest BCUT2D eigenvalue weighted by Crippen LogP contribution is 2.28. The molecule has 3 rings (SSSR count). The highest BCUT2D eigenvalue weighted by Gasteiger charge is 2.10. The molecule has 0 spiro atoms. The summed E-state index contributed by atoms with van der Waals surface area (Å²) < 4.78 is 0. The molecule has 6 heteroatoms. The van der Waals surface area contributed by atoms with Crippen molar-refractivity contribution in [2.24, 2.45) is 0 Å². The third-order valence-electron chi connectivity index (χ3n) is 4.95. The molecule has 164 valence electrons. The van der Waals surface area contributed by atoms with E-state index < -0.39 is 0 Å². The van der Waals surface area contributed by atoms with Crippen LogP contribution in [0.15, 0.2) is 78.9 Å². The molecule has 0 aliphatic carbocycles. The summed E-state index contributed by atoms with van der Waals surface area (Å²) in [4.78, 5) is 0. The monoisotopic (exact) mass is 467 g/mol. The third-order valence-corrected chi connectivity index (χ3v) is 4.95. The van der Waals surface area contributed by atoms with Crippen LogP contribution in [0.5, 0.6) is 0 Å². The smallest absolute Gasteiger partial charge is 0.134 e. The van der Waals surface area contributed by atoms with Crippen LogP contribution in [0.1, 0.15) is 18.4 Å². The van der Waals surface area contributed by atoms with E-state index in [9.17, 15) is 0 Å². The van der Waals surface area contributed by atoms with Crippen molar-refractivity contribution in [2.75, 3.05) is 13.1 Å². The van der Waals surface area contributed by atoms with Gasteiger partial charge in [0.15, 0.2) is 0 Å². The fraction of sp³-hybridized carbons (Fsp3) is 0.250. The van der Waals surface area contributed by atoms with Crippen molar-refractivity contribution in [3.05, 3.63) is 84.4 Å². The highest BCUT2D eigenvalue weighted by atomic mass is 35.5. The van der Waals surface area contributed by atoms with Gasteiger partial charge in [0.2, 0.25) is 0 Å². The van der Waals surface area contributed by atoms with Crippen molar-refractivity contribution < 1.29 is 54.0 Å². The number of hydrogen-bond donors (Lipinski definition) is 3. The molecule has 0 saturated carbocycles. The normalized spacial score (nSPS) is 10.9. The molecular formula is C24H32Cl3N3. The first-order valence-electron chi connectivity index (χ1n) is 9.95. The van der Waals surface area contributed by atoms with Gasteiger partial charge in [-0.15, -0.1) is 0 Å². The molecule has 3 aromatic rings. The minimum atomic E-state index is 0. The Bertz CT molecular complexity index is 772. The lowest BCUT2D eigenvalue weighted by atomic mass is 9.96. The fourth-order valence-corrected chi connectivity index (χ4v) is 3.44. The molecule has 0 aromatic heterocycles. The molecule has 8 N–H and O–H groups in total. The predicted molar refractivity (Wildman–Crippen MR) is 111 cm³/mol. The van der Waals surface area contributed by atoms with Crippen molar-refractivity contribution in [3.63, 3.8) is 0 Å². The number of halogens is 3. The van der Waals surface area contributed by atoms with Gasteiger partial charge in [-0.25, -0.2) is 0 Å². The molecular weight excluding hydrogens is 437 g/mol.